The summed E-state index contributed by atoms with van der Waals surface area (Å²) in [6.45, 7) is -0.209. The average molecular weight is 190 g/mol. The zero-order valence-electron chi connectivity index (χ0n) is 7.70. The van der Waals surface area contributed by atoms with E-state index in [-0.39, 0.29) is 6.61 Å². The highest BCUT2D eigenvalue weighted by Gasteiger charge is 2.08. The number of nitrogens with one attached hydrogen (secondary N) is 1. The van der Waals surface area contributed by atoms with Gasteiger partial charge in [-0.2, -0.15) is 0 Å². The van der Waals surface area contributed by atoms with Crippen LogP contribution >= 0.6 is 0 Å². The summed E-state index contributed by atoms with van der Waals surface area (Å²) in [6, 6.07) is 8.81. The van der Waals surface area contributed by atoms with Gasteiger partial charge in [-0.1, -0.05) is 12.1 Å². The Morgan fingerprint density at radius 2 is 2.36 bits per heavy atom. The van der Waals surface area contributed by atoms with Crippen molar-refractivity contribution in [2.45, 2.75) is 12.5 Å². The van der Waals surface area contributed by atoms with Crippen LogP contribution in [0.2, 0.25) is 0 Å². The minimum atomic E-state index is -0.692. The number of rotatable bonds is 3. The summed E-state index contributed by atoms with van der Waals surface area (Å²) in [5.74, 6) is 0. The molecular formula is C11H12NO2. The Morgan fingerprint density at radius 1 is 1.50 bits per heavy atom. The van der Waals surface area contributed by atoms with Crippen molar-refractivity contribution in [3.8, 4) is 0 Å². The number of hydrogen-bond donors (Lipinski definition) is 3. The third-order valence-corrected chi connectivity index (χ3v) is 2.25. The van der Waals surface area contributed by atoms with Gasteiger partial charge in [0.15, 0.2) is 0 Å². The van der Waals surface area contributed by atoms with Crippen LogP contribution in [-0.2, 0) is 6.42 Å². The molecule has 14 heavy (non-hydrogen) atoms. The summed E-state index contributed by atoms with van der Waals surface area (Å²) in [5.41, 5.74) is 2.00. The number of benzene rings is 1. The van der Waals surface area contributed by atoms with Gasteiger partial charge in [-0.3, -0.25) is 0 Å². The number of aromatic nitrogens is 1. The SMILES string of the molecule is OCC(O)Cc1c[nH]c2ccc[c]c12. The first-order valence-electron chi connectivity index (χ1n) is 4.57. The molecule has 1 heterocycles. The minimum absolute atomic E-state index is 0.209. The van der Waals surface area contributed by atoms with Gasteiger partial charge in [0.25, 0.3) is 0 Å². The Labute approximate surface area is 82.0 Å². The van der Waals surface area contributed by atoms with E-state index in [1.165, 1.54) is 0 Å². The summed E-state index contributed by atoms with van der Waals surface area (Å²) < 4.78 is 0. The molecule has 2 aromatic rings. The lowest BCUT2D eigenvalue weighted by atomic mass is 10.1. The Bertz CT molecular complexity index is 422. The van der Waals surface area contributed by atoms with Crippen molar-refractivity contribution < 1.29 is 10.2 Å². The summed E-state index contributed by atoms with van der Waals surface area (Å²) in [5, 5.41) is 19.0. The molecule has 0 fully saturated rings. The predicted molar refractivity (Wildman–Crippen MR) is 53.9 cm³/mol. The maximum absolute atomic E-state index is 9.31. The third-order valence-electron chi connectivity index (χ3n) is 2.25. The molecule has 0 aliphatic heterocycles. The van der Waals surface area contributed by atoms with Gasteiger partial charge in [0.2, 0.25) is 0 Å². The molecule has 0 saturated heterocycles. The summed E-state index contributed by atoms with van der Waals surface area (Å²) >= 11 is 0. The van der Waals surface area contributed by atoms with Crippen molar-refractivity contribution in [3.63, 3.8) is 0 Å². The van der Waals surface area contributed by atoms with Crippen molar-refractivity contribution in [1.29, 1.82) is 0 Å². The standard InChI is InChI=1S/C11H12NO2/c13-7-9(14)5-8-6-12-11-4-2-1-3-10(8)11/h1-2,4,6,9,12-14H,5,7H2. The highest BCUT2D eigenvalue weighted by atomic mass is 16.3. The molecule has 73 valence electrons. The fraction of sp³-hybridized carbons (Fsp3) is 0.273. The first-order valence-corrected chi connectivity index (χ1v) is 4.57. The van der Waals surface area contributed by atoms with Crippen LogP contribution in [-0.4, -0.2) is 27.9 Å². The maximum atomic E-state index is 9.31. The predicted octanol–water partition coefficient (Wildman–Crippen LogP) is 0.864. The lowest BCUT2D eigenvalue weighted by Crippen LogP contribution is -2.14. The van der Waals surface area contributed by atoms with Crippen LogP contribution < -0.4 is 0 Å². The van der Waals surface area contributed by atoms with Gasteiger partial charge in [-0.25, -0.2) is 0 Å². The number of fused-ring (bicyclic) bond motifs is 1. The van der Waals surface area contributed by atoms with Crippen LogP contribution in [0.15, 0.2) is 24.4 Å². The fourth-order valence-electron chi connectivity index (χ4n) is 1.54. The maximum Gasteiger partial charge on any atom is 0.0811 e. The Morgan fingerprint density at radius 3 is 3.14 bits per heavy atom. The van der Waals surface area contributed by atoms with Crippen LogP contribution in [0.1, 0.15) is 5.56 Å². The molecule has 0 aliphatic rings. The Balaban J connectivity index is 2.33. The van der Waals surface area contributed by atoms with Gasteiger partial charge in [-0.15, -0.1) is 0 Å². The van der Waals surface area contributed by atoms with Gasteiger partial charge in [0.05, 0.1) is 12.7 Å². The first-order chi connectivity index (χ1) is 6.81. The van der Waals surface area contributed by atoms with Gasteiger partial charge in [-0.05, 0) is 17.7 Å². The number of hydrogen-bond acceptors (Lipinski definition) is 2. The van der Waals surface area contributed by atoms with Crippen molar-refractivity contribution >= 4 is 10.9 Å². The van der Waals surface area contributed by atoms with E-state index in [1.54, 1.807) is 0 Å². The van der Waals surface area contributed by atoms with Crippen LogP contribution in [0.25, 0.3) is 10.9 Å². The average Bonchev–Trinajstić information content (AvgIpc) is 2.62. The largest absolute Gasteiger partial charge is 0.394 e. The van der Waals surface area contributed by atoms with E-state index in [2.05, 4.69) is 11.1 Å². The molecule has 1 atom stereocenters. The molecule has 0 bridgehead atoms. The quantitative estimate of drug-likeness (QED) is 0.672. The van der Waals surface area contributed by atoms with Gasteiger partial charge < -0.3 is 15.2 Å². The van der Waals surface area contributed by atoms with E-state index < -0.39 is 6.10 Å². The lowest BCUT2D eigenvalue weighted by Gasteiger charge is -2.04. The van der Waals surface area contributed by atoms with E-state index in [9.17, 15) is 5.11 Å². The molecule has 1 aromatic carbocycles. The van der Waals surface area contributed by atoms with Crippen LogP contribution in [0, 0.1) is 6.07 Å². The molecule has 1 unspecified atom stereocenters. The molecule has 0 aliphatic carbocycles. The molecule has 0 spiro atoms. The van der Waals surface area contributed by atoms with Crippen molar-refractivity contribution in [1.82, 2.24) is 4.98 Å². The third kappa shape index (κ3) is 1.64. The van der Waals surface area contributed by atoms with Crippen molar-refractivity contribution in [2.24, 2.45) is 0 Å². The Kier molecular flexibility index (Phi) is 2.52. The van der Waals surface area contributed by atoms with Gasteiger partial charge in [0.1, 0.15) is 0 Å². The monoisotopic (exact) mass is 190 g/mol. The summed E-state index contributed by atoms with van der Waals surface area (Å²) in [4.78, 5) is 3.09. The molecule has 0 amide bonds. The van der Waals surface area contributed by atoms with Crippen molar-refractivity contribution in [3.05, 3.63) is 36.0 Å². The van der Waals surface area contributed by atoms with Crippen molar-refractivity contribution in [2.75, 3.05) is 6.61 Å². The van der Waals surface area contributed by atoms with E-state index in [0.29, 0.717) is 6.42 Å². The molecule has 1 radical (unpaired) electrons. The molecular weight excluding hydrogens is 178 g/mol. The summed E-state index contributed by atoms with van der Waals surface area (Å²) in [6.07, 6.45) is 1.61. The molecule has 3 heteroatoms. The van der Waals surface area contributed by atoms with Crippen LogP contribution in [0.3, 0.4) is 0 Å². The zero-order valence-corrected chi connectivity index (χ0v) is 7.70. The van der Waals surface area contributed by atoms with E-state index >= 15 is 0 Å². The molecule has 3 nitrogen and oxygen atoms in total. The Hall–Kier alpha value is -1.32. The molecule has 2 rings (SSSR count). The van der Waals surface area contributed by atoms with E-state index in [1.807, 2.05) is 24.4 Å². The molecule has 0 saturated carbocycles. The normalized spacial score (nSPS) is 13.3. The second-order valence-corrected chi connectivity index (χ2v) is 3.31. The van der Waals surface area contributed by atoms with E-state index in [0.717, 1.165) is 16.5 Å². The fourth-order valence-corrected chi connectivity index (χ4v) is 1.54. The smallest absolute Gasteiger partial charge is 0.0811 e. The second kappa shape index (κ2) is 3.82. The number of H-pyrrole nitrogens is 1. The molecule has 3 N–H and O–H groups in total. The number of aliphatic hydroxyl groups excluding tert-OH is 2. The lowest BCUT2D eigenvalue weighted by molar-refractivity contribution is 0.0957. The number of aromatic amines is 1. The summed E-state index contributed by atoms with van der Waals surface area (Å²) in [7, 11) is 0. The van der Waals surface area contributed by atoms with Crippen LogP contribution in [0.5, 0.6) is 0 Å². The first kappa shape index (κ1) is 9.24. The number of aliphatic hydroxyl groups is 2. The molecule has 1 aromatic heterocycles. The van der Waals surface area contributed by atoms with Crippen LogP contribution in [0.4, 0.5) is 0 Å². The zero-order chi connectivity index (χ0) is 9.97. The van der Waals surface area contributed by atoms with Gasteiger partial charge >= 0.3 is 0 Å². The minimum Gasteiger partial charge on any atom is -0.394 e. The van der Waals surface area contributed by atoms with E-state index in [4.69, 9.17) is 5.11 Å². The second-order valence-electron chi connectivity index (χ2n) is 3.31. The topological polar surface area (TPSA) is 56.2 Å². The highest BCUT2D eigenvalue weighted by molar-refractivity contribution is 5.82. The van der Waals surface area contributed by atoms with Gasteiger partial charge in [0, 0.05) is 23.5 Å². The highest BCUT2D eigenvalue weighted by Crippen LogP contribution is 2.18.